The lowest BCUT2D eigenvalue weighted by Gasteiger charge is -2.45. The van der Waals surface area contributed by atoms with Gasteiger partial charge < -0.3 is 14.0 Å². The molecule has 6 atom stereocenters. The molecule has 0 spiro atoms. The number of hydrogen-bond acceptors (Lipinski definition) is 3. The van der Waals surface area contributed by atoms with E-state index in [0.717, 1.165) is 28.6 Å². The van der Waals surface area contributed by atoms with Gasteiger partial charge in [0.2, 0.25) is 0 Å². The molecule has 3 nitrogen and oxygen atoms in total. The van der Waals surface area contributed by atoms with Gasteiger partial charge in [-0.1, -0.05) is 99.1 Å². The first-order chi connectivity index (χ1) is 20.8. The van der Waals surface area contributed by atoms with Crippen molar-refractivity contribution in [1.29, 1.82) is 0 Å². The van der Waals surface area contributed by atoms with Crippen LogP contribution in [0.15, 0.2) is 47.6 Å². The van der Waals surface area contributed by atoms with Gasteiger partial charge in [0.1, 0.15) is 0 Å². The highest BCUT2D eigenvalue weighted by Gasteiger charge is 2.50. The summed E-state index contributed by atoms with van der Waals surface area (Å²) >= 11 is 0. The number of hydrogen-bond donors (Lipinski definition) is 1. The molecule has 1 unspecified atom stereocenters. The van der Waals surface area contributed by atoms with E-state index in [9.17, 15) is 5.11 Å². The number of allylic oxidation sites excluding steroid dienone is 3. The smallest absolute Gasteiger partial charge is 0.193 e. The molecule has 0 heterocycles. The molecule has 0 bridgehead atoms. The topological polar surface area (TPSA) is 38.7 Å². The molecule has 3 aliphatic carbocycles. The second-order valence-corrected chi connectivity index (χ2v) is 27.0. The van der Waals surface area contributed by atoms with Gasteiger partial charge in [0, 0.05) is 6.42 Å². The molecule has 0 saturated heterocycles. The van der Waals surface area contributed by atoms with Crippen LogP contribution in [0.25, 0.3) is 0 Å². The van der Waals surface area contributed by atoms with Gasteiger partial charge in [0.15, 0.2) is 16.6 Å². The Morgan fingerprint density at radius 2 is 1.64 bits per heavy atom. The highest BCUT2D eigenvalue weighted by Crippen LogP contribution is 2.60. The van der Waals surface area contributed by atoms with E-state index in [4.69, 9.17) is 8.85 Å². The molecule has 0 aromatic carbocycles. The number of fused-ring (bicyclic) bond motifs is 1. The minimum atomic E-state index is -2.05. The zero-order valence-electron chi connectivity index (χ0n) is 31.7. The van der Waals surface area contributed by atoms with Crippen molar-refractivity contribution < 1.29 is 14.0 Å². The Hall–Kier alpha value is -0.726. The molecule has 258 valence electrons. The van der Waals surface area contributed by atoms with Gasteiger partial charge in [-0.2, -0.15) is 0 Å². The summed E-state index contributed by atoms with van der Waals surface area (Å²) in [6.45, 7) is 36.9. The molecule has 0 amide bonds. The van der Waals surface area contributed by atoms with Crippen molar-refractivity contribution in [1.82, 2.24) is 0 Å². The fraction of sp³-hybridized carbons (Fsp3) is 0.800. The average molecular weight is 657 g/mol. The Bertz CT molecular complexity index is 1100. The van der Waals surface area contributed by atoms with E-state index in [1.807, 2.05) is 0 Å². The molecule has 3 saturated carbocycles. The number of aliphatic hydroxyl groups is 1. The van der Waals surface area contributed by atoms with Crippen molar-refractivity contribution in [3.63, 3.8) is 0 Å². The molecule has 45 heavy (non-hydrogen) atoms. The van der Waals surface area contributed by atoms with Gasteiger partial charge >= 0.3 is 0 Å². The number of rotatable bonds is 13. The molecule has 1 N–H and O–H groups in total. The standard InChI is InChI=1S/C40H72O3Si2/c1-15-45(16-2,17-3)43-39(10,11)26-18-20-29(4)34-24-25-35-32(21-19-27-40(34,35)12)22-23-33-28-36(41)31(6)37(30(33)5)42-44(13,14)38(7,8)9/h22-23,29,34-37,41H,5-6,15-21,24-28H2,1-4,7-14H3/b32-22+,33-23-/t29?,34-,35+,36-,37-,40-/m1/s1. The largest absolute Gasteiger partial charge is 0.412 e. The third-order valence-corrected chi connectivity index (χ3v) is 22.5. The molecule has 3 aliphatic rings. The maximum absolute atomic E-state index is 11.0. The molecule has 3 rings (SSSR count). The fourth-order valence-corrected chi connectivity index (χ4v) is 13.4. The van der Waals surface area contributed by atoms with E-state index >= 15 is 0 Å². The van der Waals surface area contributed by atoms with Gasteiger partial charge in [-0.05, 0) is 129 Å². The van der Waals surface area contributed by atoms with E-state index in [0.29, 0.717) is 17.8 Å². The zero-order chi connectivity index (χ0) is 34.0. The van der Waals surface area contributed by atoms with Crippen LogP contribution in [0.3, 0.4) is 0 Å². The summed E-state index contributed by atoms with van der Waals surface area (Å²) in [6, 6.07) is 3.68. The van der Waals surface area contributed by atoms with E-state index in [1.54, 1.807) is 5.57 Å². The molecule has 0 aromatic rings. The normalized spacial score (nSPS) is 31.1. The molecule has 0 aliphatic heterocycles. The molecule has 5 heteroatoms. The highest BCUT2D eigenvalue weighted by molar-refractivity contribution is 6.74. The van der Waals surface area contributed by atoms with E-state index in [2.05, 4.69) is 108 Å². The van der Waals surface area contributed by atoms with Crippen LogP contribution in [0.5, 0.6) is 0 Å². The average Bonchev–Trinajstić information content (AvgIpc) is 3.32. The van der Waals surface area contributed by atoms with Crippen molar-refractivity contribution in [2.75, 3.05) is 0 Å². The van der Waals surface area contributed by atoms with E-state index in [-0.39, 0.29) is 16.7 Å². The predicted octanol–water partition coefficient (Wildman–Crippen LogP) is 11.9. The zero-order valence-corrected chi connectivity index (χ0v) is 33.7. The Morgan fingerprint density at radius 1 is 1.02 bits per heavy atom. The maximum atomic E-state index is 11.0. The van der Waals surface area contributed by atoms with Gasteiger partial charge in [-0.3, -0.25) is 0 Å². The van der Waals surface area contributed by atoms with Crippen molar-refractivity contribution >= 4 is 16.6 Å². The third-order valence-electron chi connectivity index (χ3n) is 13.2. The first-order valence-corrected chi connectivity index (χ1v) is 24.0. The minimum Gasteiger partial charge on any atom is -0.412 e. The predicted molar refractivity (Wildman–Crippen MR) is 201 cm³/mol. The number of aliphatic hydroxyl groups excluding tert-OH is 1. The lowest BCUT2D eigenvalue weighted by molar-refractivity contribution is 0.0704. The van der Waals surface area contributed by atoms with Crippen LogP contribution < -0.4 is 0 Å². The van der Waals surface area contributed by atoms with Gasteiger partial charge in [0.25, 0.3) is 0 Å². The van der Waals surface area contributed by atoms with Crippen LogP contribution in [0, 0.1) is 23.2 Å². The van der Waals surface area contributed by atoms with Crippen LogP contribution in [-0.2, 0) is 8.85 Å². The first kappa shape index (κ1) is 38.7. The summed E-state index contributed by atoms with van der Waals surface area (Å²) in [4.78, 5) is 0. The summed E-state index contributed by atoms with van der Waals surface area (Å²) in [6.07, 6.45) is 14.6. The summed E-state index contributed by atoms with van der Waals surface area (Å²) in [5.74, 6) is 2.19. The van der Waals surface area contributed by atoms with Gasteiger partial charge in [-0.25, -0.2) is 0 Å². The van der Waals surface area contributed by atoms with E-state index in [1.165, 1.54) is 69.5 Å². The molecular weight excluding hydrogens is 585 g/mol. The Morgan fingerprint density at radius 3 is 2.22 bits per heavy atom. The minimum absolute atomic E-state index is 0.0118. The third kappa shape index (κ3) is 8.66. The van der Waals surface area contributed by atoms with Crippen LogP contribution in [-0.4, -0.2) is 39.6 Å². The molecular formula is C40H72O3Si2. The van der Waals surface area contributed by atoms with Crippen molar-refractivity contribution in [3.05, 3.63) is 47.6 Å². The van der Waals surface area contributed by atoms with Crippen LogP contribution in [0.1, 0.15) is 127 Å². The van der Waals surface area contributed by atoms with Crippen LogP contribution in [0.4, 0.5) is 0 Å². The molecule has 0 aromatic heterocycles. The second kappa shape index (κ2) is 14.8. The summed E-state index contributed by atoms with van der Waals surface area (Å²) in [5.41, 5.74) is 4.88. The van der Waals surface area contributed by atoms with Gasteiger partial charge in [-0.15, -0.1) is 0 Å². The second-order valence-electron chi connectivity index (χ2n) is 17.6. The quantitative estimate of drug-likeness (QED) is 0.158. The fourth-order valence-electron chi connectivity index (χ4n) is 8.91. The van der Waals surface area contributed by atoms with Crippen LogP contribution >= 0.6 is 0 Å². The van der Waals surface area contributed by atoms with Crippen molar-refractivity contribution in [2.24, 2.45) is 23.2 Å². The van der Waals surface area contributed by atoms with Gasteiger partial charge in [0.05, 0.1) is 17.8 Å². The Balaban J connectivity index is 1.70. The lowest BCUT2D eigenvalue weighted by atomic mass is 9.60. The van der Waals surface area contributed by atoms with Crippen molar-refractivity contribution in [3.8, 4) is 0 Å². The Labute approximate surface area is 281 Å². The lowest BCUT2D eigenvalue weighted by Crippen LogP contribution is -2.47. The van der Waals surface area contributed by atoms with Crippen molar-refractivity contribution in [2.45, 2.75) is 181 Å². The summed E-state index contributed by atoms with van der Waals surface area (Å²) < 4.78 is 13.7. The first-order valence-electron chi connectivity index (χ1n) is 18.6. The highest BCUT2D eigenvalue weighted by atomic mass is 28.4. The maximum Gasteiger partial charge on any atom is 0.193 e. The monoisotopic (exact) mass is 657 g/mol. The SMILES string of the molecule is C=C1/C(=C\C=C2/CCC[C@]3(C)[C@@H](C(C)CCCC(C)(C)O[Si](CC)(CC)CC)CC[C@@H]23)C[C@@H](O)C(=C)[C@@H]1O[Si](C)(C)C(C)(C)C. The molecule has 0 radical (unpaired) electrons. The van der Waals surface area contributed by atoms with Crippen LogP contribution in [0.2, 0.25) is 36.3 Å². The Kier molecular flexibility index (Phi) is 12.7. The summed E-state index contributed by atoms with van der Waals surface area (Å²) in [5, 5.41) is 11.1. The van der Waals surface area contributed by atoms with E-state index < -0.39 is 22.7 Å². The molecule has 3 fully saturated rings. The summed E-state index contributed by atoms with van der Waals surface area (Å²) in [7, 11) is -3.65.